The number of carbonyl (C=O) groups is 1. The van der Waals surface area contributed by atoms with Crippen LogP contribution in [0.1, 0.15) is 15.9 Å². The van der Waals surface area contributed by atoms with E-state index in [1.165, 1.54) is 19.2 Å². The van der Waals surface area contributed by atoms with Crippen molar-refractivity contribution in [2.24, 2.45) is 0 Å². The molecule has 0 aliphatic carbocycles. The molecule has 22 heavy (non-hydrogen) atoms. The standard InChI is InChI=1S/C16H15Cl2NO3/c1-21-9-10-4-3-5-12(6-10)19-16(20)11-7-13(17)15(22-2)14(18)8-11/h3-8H,9H2,1-2H3,(H,19,20). The lowest BCUT2D eigenvalue weighted by Crippen LogP contribution is -2.12. The van der Waals surface area contributed by atoms with E-state index in [9.17, 15) is 4.79 Å². The molecule has 0 aliphatic rings. The van der Waals surface area contributed by atoms with Crippen molar-refractivity contribution in [3.05, 3.63) is 57.6 Å². The number of amides is 1. The average Bonchev–Trinajstić information content (AvgIpc) is 2.47. The van der Waals surface area contributed by atoms with Gasteiger partial charge in [-0.1, -0.05) is 35.3 Å². The second-order valence-corrected chi connectivity index (χ2v) is 5.38. The van der Waals surface area contributed by atoms with Crippen LogP contribution >= 0.6 is 23.2 Å². The minimum Gasteiger partial charge on any atom is -0.494 e. The summed E-state index contributed by atoms with van der Waals surface area (Å²) in [5.74, 6) is 0.0444. The Balaban J connectivity index is 2.20. The van der Waals surface area contributed by atoms with Crippen molar-refractivity contribution in [1.82, 2.24) is 0 Å². The number of halogens is 2. The Kier molecular flexibility index (Phi) is 5.66. The van der Waals surface area contributed by atoms with E-state index in [1.807, 2.05) is 18.2 Å². The SMILES string of the molecule is COCc1cccc(NC(=O)c2cc(Cl)c(OC)c(Cl)c2)c1. The van der Waals surface area contributed by atoms with E-state index in [1.54, 1.807) is 13.2 Å². The van der Waals surface area contributed by atoms with Gasteiger partial charge in [-0.15, -0.1) is 0 Å². The Morgan fingerprint density at radius 1 is 1.14 bits per heavy atom. The summed E-state index contributed by atoms with van der Waals surface area (Å²) in [6.07, 6.45) is 0. The van der Waals surface area contributed by atoms with Crippen molar-refractivity contribution < 1.29 is 14.3 Å². The second kappa shape index (κ2) is 7.49. The van der Waals surface area contributed by atoms with Crippen LogP contribution in [-0.2, 0) is 11.3 Å². The van der Waals surface area contributed by atoms with E-state index < -0.39 is 0 Å². The minimum absolute atomic E-state index is 0.285. The van der Waals surface area contributed by atoms with Gasteiger partial charge in [0.15, 0.2) is 5.75 Å². The molecule has 2 rings (SSSR count). The van der Waals surface area contributed by atoms with Crippen molar-refractivity contribution in [1.29, 1.82) is 0 Å². The molecule has 6 heteroatoms. The highest BCUT2D eigenvalue weighted by atomic mass is 35.5. The molecule has 4 nitrogen and oxygen atoms in total. The van der Waals surface area contributed by atoms with Crippen molar-refractivity contribution in [2.45, 2.75) is 6.61 Å². The first-order chi connectivity index (χ1) is 10.5. The number of rotatable bonds is 5. The lowest BCUT2D eigenvalue weighted by atomic mass is 10.1. The summed E-state index contributed by atoms with van der Waals surface area (Å²) in [7, 11) is 3.08. The lowest BCUT2D eigenvalue weighted by Gasteiger charge is -2.10. The van der Waals surface area contributed by atoms with Crippen LogP contribution < -0.4 is 10.1 Å². The highest BCUT2D eigenvalue weighted by Gasteiger charge is 2.13. The molecule has 0 heterocycles. The topological polar surface area (TPSA) is 47.6 Å². The van der Waals surface area contributed by atoms with Crippen LogP contribution in [0.5, 0.6) is 5.75 Å². The number of hydrogen-bond acceptors (Lipinski definition) is 3. The van der Waals surface area contributed by atoms with E-state index >= 15 is 0 Å². The van der Waals surface area contributed by atoms with Crippen LogP contribution in [0.15, 0.2) is 36.4 Å². The van der Waals surface area contributed by atoms with Gasteiger partial charge in [0.25, 0.3) is 5.91 Å². The van der Waals surface area contributed by atoms with Gasteiger partial charge in [0.1, 0.15) is 0 Å². The van der Waals surface area contributed by atoms with Crippen LogP contribution in [0.4, 0.5) is 5.69 Å². The van der Waals surface area contributed by atoms with E-state index in [2.05, 4.69) is 5.32 Å². The van der Waals surface area contributed by atoms with Crippen LogP contribution in [0.2, 0.25) is 10.0 Å². The minimum atomic E-state index is -0.305. The number of carbonyl (C=O) groups excluding carboxylic acids is 1. The van der Waals surface area contributed by atoms with Gasteiger partial charge in [0.05, 0.1) is 23.8 Å². The van der Waals surface area contributed by atoms with Crippen LogP contribution in [0, 0.1) is 0 Å². The third-order valence-corrected chi connectivity index (χ3v) is 3.52. The molecule has 0 radical (unpaired) electrons. The molecule has 0 fully saturated rings. The summed E-state index contributed by atoms with van der Waals surface area (Å²) in [4.78, 5) is 12.3. The first-order valence-electron chi connectivity index (χ1n) is 6.47. The Bertz CT molecular complexity index is 666. The molecule has 0 atom stereocenters. The van der Waals surface area contributed by atoms with Gasteiger partial charge in [-0.05, 0) is 29.8 Å². The predicted molar refractivity (Wildman–Crippen MR) is 88.1 cm³/mol. The third-order valence-electron chi connectivity index (χ3n) is 2.96. The summed E-state index contributed by atoms with van der Waals surface area (Å²) in [5, 5.41) is 3.37. The highest BCUT2D eigenvalue weighted by Crippen LogP contribution is 2.34. The molecule has 1 N–H and O–H groups in total. The van der Waals surface area contributed by atoms with Crippen molar-refractivity contribution in [3.8, 4) is 5.75 Å². The first kappa shape index (κ1) is 16.6. The maximum atomic E-state index is 12.3. The van der Waals surface area contributed by atoms with Crippen molar-refractivity contribution in [3.63, 3.8) is 0 Å². The van der Waals surface area contributed by atoms with Gasteiger partial charge in [0, 0.05) is 18.4 Å². The number of anilines is 1. The fraction of sp³-hybridized carbons (Fsp3) is 0.188. The molecular formula is C16H15Cl2NO3. The molecule has 2 aromatic rings. The summed E-state index contributed by atoms with van der Waals surface area (Å²) >= 11 is 12.1. The van der Waals surface area contributed by atoms with Gasteiger partial charge in [0.2, 0.25) is 0 Å². The van der Waals surface area contributed by atoms with Gasteiger partial charge in [-0.3, -0.25) is 4.79 Å². The van der Waals surface area contributed by atoms with Crippen LogP contribution in [0.25, 0.3) is 0 Å². The normalized spacial score (nSPS) is 10.4. The van der Waals surface area contributed by atoms with Gasteiger partial charge in [-0.25, -0.2) is 0 Å². The maximum Gasteiger partial charge on any atom is 0.255 e. The Hall–Kier alpha value is -1.75. The zero-order valence-corrected chi connectivity index (χ0v) is 13.7. The summed E-state index contributed by atoms with van der Waals surface area (Å²) in [6.45, 7) is 0.476. The summed E-state index contributed by atoms with van der Waals surface area (Å²) in [6, 6.07) is 10.4. The Morgan fingerprint density at radius 2 is 1.82 bits per heavy atom. The monoisotopic (exact) mass is 339 g/mol. The molecule has 0 aromatic heterocycles. The first-order valence-corrected chi connectivity index (χ1v) is 7.23. The van der Waals surface area contributed by atoms with E-state index in [-0.39, 0.29) is 16.0 Å². The fourth-order valence-electron chi connectivity index (χ4n) is 1.99. The number of benzene rings is 2. The summed E-state index contributed by atoms with van der Waals surface area (Å²) < 4.78 is 10.1. The third kappa shape index (κ3) is 3.91. The van der Waals surface area contributed by atoms with Gasteiger partial charge >= 0.3 is 0 Å². The highest BCUT2D eigenvalue weighted by molar-refractivity contribution is 6.37. The van der Waals surface area contributed by atoms with E-state index in [0.717, 1.165) is 5.56 Å². The van der Waals surface area contributed by atoms with Crippen molar-refractivity contribution in [2.75, 3.05) is 19.5 Å². The fourth-order valence-corrected chi connectivity index (χ4v) is 2.64. The van der Waals surface area contributed by atoms with E-state index in [0.29, 0.717) is 23.6 Å². The molecule has 0 aliphatic heterocycles. The molecule has 116 valence electrons. The number of nitrogens with one attached hydrogen (secondary N) is 1. The molecule has 1 amide bonds. The second-order valence-electron chi connectivity index (χ2n) is 4.56. The average molecular weight is 340 g/mol. The van der Waals surface area contributed by atoms with Crippen LogP contribution in [-0.4, -0.2) is 20.1 Å². The van der Waals surface area contributed by atoms with Gasteiger partial charge < -0.3 is 14.8 Å². The largest absolute Gasteiger partial charge is 0.494 e. The number of methoxy groups -OCH3 is 2. The van der Waals surface area contributed by atoms with Crippen molar-refractivity contribution >= 4 is 34.8 Å². The van der Waals surface area contributed by atoms with Crippen LogP contribution in [0.3, 0.4) is 0 Å². The lowest BCUT2D eigenvalue weighted by molar-refractivity contribution is 0.102. The number of hydrogen-bond donors (Lipinski definition) is 1. The van der Waals surface area contributed by atoms with Gasteiger partial charge in [-0.2, -0.15) is 0 Å². The maximum absolute atomic E-state index is 12.3. The zero-order chi connectivity index (χ0) is 16.1. The predicted octanol–water partition coefficient (Wildman–Crippen LogP) is 4.40. The molecule has 0 saturated carbocycles. The number of ether oxygens (including phenoxy) is 2. The Labute approximate surface area is 138 Å². The molecule has 2 aromatic carbocycles. The smallest absolute Gasteiger partial charge is 0.255 e. The van der Waals surface area contributed by atoms with E-state index in [4.69, 9.17) is 32.7 Å². The quantitative estimate of drug-likeness (QED) is 0.878. The molecular weight excluding hydrogens is 325 g/mol. The molecule has 0 unspecified atom stereocenters. The zero-order valence-electron chi connectivity index (χ0n) is 12.2. The Morgan fingerprint density at radius 3 is 2.41 bits per heavy atom. The summed E-state index contributed by atoms with van der Waals surface area (Å²) in [5.41, 5.74) is 1.99. The molecule has 0 bridgehead atoms. The molecule has 0 spiro atoms. The molecule has 0 saturated heterocycles.